The third-order valence-electron chi connectivity index (χ3n) is 4.40. The summed E-state index contributed by atoms with van der Waals surface area (Å²) in [5, 5.41) is 2.22. The van der Waals surface area contributed by atoms with Gasteiger partial charge in [-0.2, -0.15) is 13.2 Å². The molecule has 6 nitrogen and oxygen atoms in total. The maximum Gasteiger partial charge on any atom is 0.419 e. The zero-order valence-corrected chi connectivity index (χ0v) is 16.3. The second-order valence-corrected chi connectivity index (χ2v) is 6.44. The van der Waals surface area contributed by atoms with Gasteiger partial charge in [0.1, 0.15) is 23.1 Å². The first-order valence-electron chi connectivity index (χ1n) is 8.83. The number of benzene rings is 2. The molecule has 0 saturated carbocycles. The van der Waals surface area contributed by atoms with E-state index in [4.69, 9.17) is 10.5 Å². The van der Waals surface area contributed by atoms with Gasteiger partial charge in [0.2, 0.25) is 0 Å². The van der Waals surface area contributed by atoms with Crippen molar-refractivity contribution in [3.05, 3.63) is 77.1 Å². The van der Waals surface area contributed by atoms with Crippen molar-refractivity contribution in [3.8, 4) is 16.9 Å². The van der Waals surface area contributed by atoms with Crippen LogP contribution in [0.3, 0.4) is 0 Å². The second kappa shape index (κ2) is 8.61. The smallest absolute Gasteiger partial charge is 0.419 e. The fraction of sp³-hybridized carbons (Fsp3) is 0.0952. The molecule has 0 atom stereocenters. The van der Waals surface area contributed by atoms with Gasteiger partial charge in [0.05, 0.1) is 18.2 Å². The Kier molecular flexibility index (Phi) is 6.10. The number of methoxy groups -OCH3 is 1. The van der Waals surface area contributed by atoms with E-state index in [-0.39, 0.29) is 28.3 Å². The number of amides is 2. The number of carbonyl (C=O) groups excluding carboxylic acids is 2. The van der Waals surface area contributed by atoms with E-state index in [0.717, 1.165) is 36.5 Å². The van der Waals surface area contributed by atoms with Gasteiger partial charge in [0, 0.05) is 29.1 Å². The minimum atomic E-state index is -5.08. The lowest BCUT2D eigenvalue weighted by molar-refractivity contribution is -0.140. The minimum Gasteiger partial charge on any atom is -0.496 e. The molecule has 3 aromatic rings. The molecule has 0 bridgehead atoms. The number of nitrogens with two attached hydrogens (primary N) is 1. The summed E-state index contributed by atoms with van der Waals surface area (Å²) < 4.78 is 73.5. The number of rotatable bonds is 5. The highest BCUT2D eigenvalue weighted by Gasteiger charge is 2.37. The van der Waals surface area contributed by atoms with E-state index in [2.05, 4.69) is 10.3 Å². The van der Waals surface area contributed by atoms with Crippen molar-refractivity contribution in [2.24, 2.45) is 5.73 Å². The van der Waals surface area contributed by atoms with Crippen LogP contribution >= 0.6 is 0 Å². The van der Waals surface area contributed by atoms with E-state index in [1.54, 1.807) is 0 Å². The number of halogens is 5. The predicted octanol–water partition coefficient (Wildman–Crippen LogP) is 4.41. The molecule has 0 spiro atoms. The van der Waals surface area contributed by atoms with Gasteiger partial charge in [-0.25, -0.2) is 8.78 Å². The van der Waals surface area contributed by atoms with Gasteiger partial charge >= 0.3 is 6.18 Å². The first kappa shape index (κ1) is 22.7. The Bertz CT molecular complexity index is 1210. The Hall–Kier alpha value is -4.02. The molecule has 0 saturated heterocycles. The van der Waals surface area contributed by atoms with Crippen LogP contribution in [-0.4, -0.2) is 23.9 Å². The molecule has 0 radical (unpaired) electrons. The molecule has 1 aromatic heterocycles. The Morgan fingerprint density at radius 2 is 1.72 bits per heavy atom. The van der Waals surface area contributed by atoms with E-state index in [1.165, 1.54) is 13.2 Å². The number of aromatic nitrogens is 1. The Labute approximate surface area is 177 Å². The zero-order valence-electron chi connectivity index (χ0n) is 16.3. The molecule has 0 aliphatic carbocycles. The first-order valence-corrected chi connectivity index (χ1v) is 8.83. The predicted molar refractivity (Wildman–Crippen MR) is 104 cm³/mol. The summed E-state index contributed by atoms with van der Waals surface area (Å²) in [6, 6.07) is 6.73. The van der Waals surface area contributed by atoms with Gasteiger partial charge in [-0.05, 0) is 30.3 Å². The lowest BCUT2D eigenvalue weighted by atomic mass is 9.95. The van der Waals surface area contributed by atoms with E-state index in [9.17, 15) is 27.2 Å². The van der Waals surface area contributed by atoms with Crippen molar-refractivity contribution in [2.75, 3.05) is 12.4 Å². The van der Waals surface area contributed by atoms with Gasteiger partial charge in [0.25, 0.3) is 11.8 Å². The third kappa shape index (κ3) is 4.51. The van der Waals surface area contributed by atoms with E-state index in [0.29, 0.717) is 6.07 Å². The van der Waals surface area contributed by atoms with E-state index < -0.39 is 40.8 Å². The molecule has 32 heavy (non-hydrogen) atoms. The fourth-order valence-corrected chi connectivity index (χ4v) is 2.97. The van der Waals surface area contributed by atoms with Crippen LogP contribution in [0.1, 0.15) is 26.4 Å². The maximum absolute atomic E-state index is 15.0. The van der Waals surface area contributed by atoms with Crippen molar-refractivity contribution in [1.82, 2.24) is 4.98 Å². The SMILES string of the molecule is COc1cc(F)ccc1-c1ccc(C(F)(F)F)c(F)c1C(=O)Nc1ccnc(C(N)=O)c1. The lowest BCUT2D eigenvalue weighted by Gasteiger charge is -2.17. The molecule has 3 rings (SSSR count). The van der Waals surface area contributed by atoms with Gasteiger partial charge < -0.3 is 15.8 Å². The molecule has 0 aliphatic heterocycles. The third-order valence-corrected chi connectivity index (χ3v) is 4.40. The topological polar surface area (TPSA) is 94.3 Å². The van der Waals surface area contributed by atoms with Crippen molar-refractivity contribution < 1.29 is 36.3 Å². The number of carbonyl (C=O) groups is 2. The monoisotopic (exact) mass is 451 g/mol. The fourth-order valence-electron chi connectivity index (χ4n) is 2.97. The minimum absolute atomic E-state index is 0.0146. The molecule has 166 valence electrons. The lowest BCUT2D eigenvalue weighted by Crippen LogP contribution is -2.20. The van der Waals surface area contributed by atoms with Crippen molar-refractivity contribution in [1.29, 1.82) is 0 Å². The van der Waals surface area contributed by atoms with Gasteiger partial charge in [-0.15, -0.1) is 0 Å². The highest BCUT2D eigenvalue weighted by molar-refractivity contribution is 6.09. The van der Waals surface area contributed by atoms with Crippen LogP contribution in [-0.2, 0) is 6.18 Å². The van der Waals surface area contributed by atoms with Crippen LogP contribution in [0.4, 0.5) is 27.6 Å². The standard InChI is InChI=1S/C21H14F5N3O3/c1-32-16-8-10(22)2-3-12(16)13-4-5-14(21(24,25)26)18(23)17(13)20(31)29-11-6-7-28-15(9-11)19(27)30/h2-9H,1H3,(H2,27,30)(H,28,29,31). The molecular formula is C21H14F5N3O3. The molecule has 11 heteroatoms. The summed E-state index contributed by atoms with van der Waals surface area (Å²) >= 11 is 0. The Morgan fingerprint density at radius 1 is 1.03 bits per heavy atom. The van der Waals surface area contributed by atoms with Crippen LogP contribution in [0.5, 0.6) is 5.75 Å². The molecule has 0 fully saturated rings. The summed E-state index contributed by atoms with van der Waals surface area (Å²) in [5.41, 5.74) is 1.92. The number of primary amides is 1. The highest BCUT2D eigenvalue weighted by Crippen LogP contribution is 2.39. The number of hydrogen-bond donors (Lipinski definition) is 2. The summed E-state index contributed by atoms with van der Waals surface area (Å²) in [6.07, 6.45) is -3.96. The van der Waals surface area contributed by atoms with Crippen LogP contribution in [0, 0.1) is 11.6 Å². The molecule has 1 heterocycles. The first-order chi connectivity index (χ1) is 15.0. The molecular weight excluding hydrogens is 437 g/mol. The van der Waals surface area contributed by atoms with E-state index in [1.807, 2.05) is 0 Å². The number of alkyl halides is 3. The van der Waals surface area contributed by atoms with Gasteiger partial charge in [-0.1, -0.05) is 6.07 Å². The number of anilines is 1. The van der Waals surface area contributed by atoms with Crippen molar-refractivity contribution in [3.63, 3.8) is 0 Å². The van der Waals surface area contributed by atoms with Crippen molar-refractivity contribution >= 4 is 17.5 Å². The summed E-state index contributed by atoms with van der Waals surface area (Å²) in [6.45, 7) is 0. The highest BCUT2D eigenvalue weighted by atomic mass is 19.4. The Morgan fingerprint density at radius 3 is 2.34 bits per heavy atom. The van der Waals surface area contributed by atoms with E-state index >= 15 is 4.39 Å². The molecule has 2 aromatic carbocycles. The average molecular weight is 451 g/mol. The summed E-state index contributed by atoms with van der Waals surface area (Å²) in [5.74, 6) is -4.83. The Balaban J connectivity index is 2.19. The van der Waals surface area contributed by atoms with Crippen LogP contribution < -0.4 is 15.8 Å². The summed E-state index contributed by atoms with van der Waals surface area (Å²) in [7, 11) is 1.18. The largest absolute Gasteiger partial charge is 0.496 e. The van der Waals surface area contributed by atoms with Crippen LogP contribution in [0.15, 0.2) is 48.7 Å². The molecule has 2 amide bonds. The average Bonchev–Trinajstić information content (AvgIpc) is 2.72. The maximum atomic E-state index is 15.0. The normalized spacial score (nSPS) is 11.2. The van der Waals surface area contributed by atoms with Gasteiger partial charge in [0.15, 0.2) is 0 Å². The number of hydrogen-bond acceptors (Lipinski definition) is 4. The zero-order chi connectivity index (χ0) is 23.6. The molecule has 0 aliphatic rings. The van der Waals surface area contributed by atoms with Crippen LogP contribution in [0.25, 0.3) is 11.1 Å². The quantitative estimate of drug-likeness (QED) is 0.562. The second-order valence-electron chi connectivity index (χ2n) is 6.44. The number of nitrogens with one attached hydrogen (secondary N) is 1. The van der Waals surface area contributed by atoms with Gasteiger partial charge in [-0.3, -0.25) is 14.6 Å². The van der Waals surface area contributed by atoms with Crippen molar-refractivity contribution in [2.45, 2.75) is 6.18 Å². The number of pyridine rings is 1. The molecule has 0 unspecified atom stereocenters. The molecule has 3 N–H and O–H groups in total. The van der Waals surface area contributed by atoms with Crippen LogP contribution in [0.2, 0.25) is 0 Å². The number of ether oxygens (including phenoxy) is 1. The number of nitrogens with zero attached hydrogens (tertiary/aromatic N) is 1. The summed E-state index contributed by atoms with van der Waals surface area (Å²) in [4.78, 5) is 27.8.